The summed E-state index contributed by atoms with van der Waals surface area (Å²) in [5.74, 6) is -0.777. The Kier molecular flexibility index (Phi) is 6.49. The molecule has 0 saturated heterocycles. The first-order valence-electron chi connectivity index (χ1n) is 8.31. The molecule has 6 heteroatoms. The highest BCUT2D eigenvalue weighted by Gasteiger charge is 2.14. The molecule has 2 aromatic rings. The number of hydrogen-bond donors (Lipinski definition) is 1. The summed E-state index contributed by atoms with van der Waals surface area (Å²) in [5, 5.41) is 2.75. The summed E-state index contributed by atoms with van der Waals surface area (Å²) < 4.78 is 5.00. The van der Waals surface area contributed by atoms with Gasteiger partial charge in [0.05, 0.1) is 24.3 Å². The van der Waals surface area contributed by atoms with Crippen LogP contribution in [-0.2, 0) is 20.7 Å². The molecule has 0 fully saturated rings. The number of nitrogens with zero attached hydrogens (tertiary/aromatic N) is 1. The molecule has 0 heterocycles. The Morgan fingerprint density at radius 3 is 2.31 bits per heavy atom. The summed E-state index contributed by atoms with van der Waals surface area (Å²) in [6, 6.07) is 13.9. The van der Waals surface area contributed by atoms with Gasteiger partial charge in [0.1, 0.15) is 0 Å². The molecule has 1 N–H and O–H groups in total. The number of ether oxygens (including phenoxy) is 1. The fraction of sp³-hybridized carbons (Fsp3) is 0.250. The van der Waals surface area contributed by atoms with Gasteiger partial charge in [-0.2, -0.15) is 0 Å². The highest BCUT2D eigenvalue weighted by molar-refractivity contribution is 6.01. The standard InChI is InChI=1S/C20H22N2O4/c1-4-26-20(25)17-7-5-6-8-18(17)21-19(24)13-15-9-11-16(12-10-15)22(3)14(2)23/h5-12H,4,13H2,1-3H3,(H,21,24). The molecule has 0 atom stereocenters. The lowest BCUT2D eigenvalue weighted by molar-refractivity contribution is -0.116. The summed E-state index contributed by atoms with van der Waals surface area (Å²) >= 11 is 0. The maximum atomic E-state index is 12.3. The second kappa shape index (κ2) is 8.80. The topological polar surface area (TPSA) is 75.7 Å². The molecule has 0 spiro atoms. The zero-order chi connectivity index (χ0) is 19.1. The minimum atomic E-state index is -0.472. The fourth-order valence-electron chi connectivity index (χ4n) is 2.38. The highest BCUT2D eigenvalue weighted by Crippen LogP contribution is 2.18. The Morgan fingerprint density at radius 1 is 1.04 bits per heavy atom. The summed E-state index contributed by atoms with van der Waals surface area (Å²) in [5.41, 5.74) is 2.30. The molecule has 2 aromatic carbocycles. The Bertz CT molecular complexity index is 800. The molecule has 0 aliphatic heterocycles. The van der Waals surface area contributed by atoms with Gasteiger partial charge in [-0.05, 0) is 36.8 Å². The average molecular weight is 354 g/mol. The number of esters is 1. The average Bonchev–Trinajstić information content (AvgIpc) is 2.62. The number of para-hydroxylation sites is 1. The number of anilines is 2. The molecule has 0 aromatic heterocycles. The maximum absolute atomic E-state index is 12.3. The molecular formula is C20H22N2O4. The predicted molar refractivity (Wildman–Crippen MR) is 100 cm³/mol. The second-order valence-electron chi connectivity index (χ2n) is 5.74. The van der Waals surface area contributed by atoms with E-state index in [1.165, 1.54) is 11.8 Å². The third kappa shape index (κ3) is 4.92. The van der Waals surface area contributed by atoms with E-state index in [1.54, 1.807) is 62.5 Å². The van der Waals surface area contributed by atoms with E-state index in [0.29, 0.717) is 11.3 Å². The normalized spacial score (nSPS) is 10.1. The smallest absolute Gasteiger partial charge is 0.340 e. The van der Waals surface area contributed by atoms with Crippen LogP contribution in [0.5, 0.6) is 0 Å². The van der Waals surface area contributed by atoms with E-state index in [0.717, 1.165) is 11.3 Å². The SMILES string of the molecule is CCOC(=O)c1ccccc1NC(=O)Cc1ccc(N(C)C(C)=O)cc1. The lowest BCUT2D eigenvalue weighted by Gasteiger charge is -2.15. The van der Waals surface area contributed by atoms with Gasteiger partial charge in [0.15, 0.2) is 0 Å². The molecule has 26 heavy (non-hydrogen) atoms. The van der Waals surface area contributed by atoms with Gasteiger partial charge >= 0.3 is 5.97 Å². The van der Waals surface area contributed by atoms with E-state index in [2.05, 4.69) is 5.32 Å². The zero-order valence-corrected chi connectivity index (χ0v) is 15.1. The lowest BCUT2D eigenvalue weighted by atomic mass is 10.1. The lowest BCUT2D eigenvalue weighted by Crippen LogP contribution is -2.22. The van der Waals surface area contributed by atoms with E-state index in [-0.39, 0.29) is 24.8 Å². The predicted octanol–water partition coefficient (Wildman–Crippen LogP) is 3.03. The molecule has 2 amide bonds. The van der Waals surface area contributed by atoms with E-state index in [9.17, 15) is 14.4 Å². The third-order valence-corrected chi connectivity index (χ3v) is 3.86. The summed E-state index contributed by atoms with van der Waals surface area (Å²) in [6.45, 7) is 3.48. The quantitative estimate of drug-likeness (QED) is 0.809. The van der Waals surface area contributed by atoms with Gasteiger partial charge in [-0.15, -0.1) is 0 Å². The van der Waals surface area contributed by atoms with Crippen molar-refractivity contribution in [2.75, 3.05) is 23.9 Å². The Morgan fingerprint density at radius 2 is 1.69 bits per heavy atom. The van der Waals surface area contributed by atoms with Gasteiger partial charge in [-0.1, -0.05) is 24.3 Å². The van der Waals surface area contributed by atoms with Crippen molar-refractivity contribution in [3.05, 3.63) is 59.7 Å². The Labute approximate surface area is 152 Å². The molecule has 0 radical (unpaired) electrons. The van der Waals surface area contributed by atoms with E-state index in [1.807, 2.05) is 0 Å². The van der Waals surface area contributed by atoms with Crippen molar-refractivity contribution in [1.29, 1.82) is 0 Å². The van der Waals surface area contributed by atoms with Crippen molar-refractivity contribution in [3.8, 4) is 0 Å². The van der Waals surface area contributed by atoms with E-state index in [4.69, 9.17) is 4.74 Å². The molecule has 0 aliphatic rings. The van der Waals surface area contributed by atoms with Crippen LogP contribution in [0.4, 0.5) is 11.4 Å². The Hall–Kier alpha value is -3.15. The van der Waals surface area contributed by atoms with Gasteiger partial charge < -0.3 is 15.0 Å². The van der Waals surface area contributed by atoms with Gasteiger partial charge in [-0.25, -0.2) is 4.79 Å². The summed E-state index contributed by atoms with van der Waals surface area (Å²) in [6.07, 6.45) is 0.154. The Balaban J connectivity index is 2.05. The largest absolute Gasteiger partial charge is 0.462 e. The van der Waals surface area contributed by atoms with Gasteiger partial charge in [0.25, 0.3) is 0 Å². The molecule has 2 rings (SSSR count). The number of amides is 2. The van der Waals surface area contributed by atoms with Crippen molar-refractivity contribution in [3.63, 3.8) is 0 Å². The first-order valence-corrected chi connectivity index (χ1v) is 8.31. The first kappa shape index (κ1) is 19.2. The second-order valence-corrected chi connectivity index (χ2v) is 5.74. The molecule has 0 bridgehead atoms. The molecule has 136 valence electrons. The van der Waals surface area contributed by atoms with Crippen LogP contribution in [0.2, 0.25) is 0 Å². The maximum Gasteiger partial charge on any atom is 0.340 e. The number of carbonyl (C=O) groups excluding carboxylic acids is 3. The number of benzene rings is 2. The zero-order valence-electron chi connectivity index (χ0n) is 15.1. The molecule has 0 aliphatic carbocycles. The fourth-order valence-corrected chi connectivity index (χ4v) is 2.38. The van der Waals surface area contributed by atoms with E-state index >= 15 is 0 Å². The van der Waals surface area contributed by atoms with Crippen LogP contribution in [0.3, 0.4) is 0 Å². The van der Waals surface area contributed by atoms with Crippen LogP contribution >= 0.6 is 0 Å². The summed E-state index contributed by atoms with van der Waals surface area (Å²) in [4.78, 5) is 37.2. The molecular weight excluding hydrogens is 332 g/mol. The van der Waals surface area contributed by atoms with Gasteiger partial charge in [-0.3, -0.25) is 9.59 Å². The minimum absolute atomic E-state index is 0.0638. The van der Waals surface area contributed by atoms with Crippen molar-refractivity contribution in [2.24, 2.45) is 0 Å². The van der Waals surface area contributed by atoms with Crippen LogP contribution in [0, 0.1) is 0 Å². The highest BCUT2D eigenvalue weighted by atomic mass is 16.5. The molecule has 0 saturated carbocycles. The van der Waals surface area contributed by atoms with Gasteiger partial charge in [0.2, 0.25) is 11.8 Å². The van der Waals surface area contributed by atoms with Crippen molar-refractivity contribution in [1.82, 2.24) is 0 Å². The van der Waals surface area contributed by atoms with Crippen LogP contribution < -0.4 is 10.2 Å². The van der Waals surface area contributed by atoms with Crippen molar-refractivity contribution < 1.29 is 19.1 Å². The van der Waals surface area contributed by atoms with Crippen LogP contribution in [0.15, 0.2) is 48.5 Å². The monoisotopic (exact) mass is 354 g/mol. The molecule has 6 nitrogen and oxygen atoms in total. The number of nitrogens with one attached hydrogen (secondary N) is 1. The summed E-state index contributed by atoms with van der Waals surface area (Å²) in [7, 11) is 1.69. The minimum Gasteiger partial charge on any atom is -0.462 e. The number of hydrogen-bond acceptors (Lipinski definition) is 4. The molecule has 0 unspecified atom stereocenters. The third-order valence-electron chi connectivity index (χ3n) is 3.86. The van der Waals surface area contributed by atoms with Crippen LogP contribution in [0.1, 0.15) is 29.8 Å². The number of carbonyl (C=O) groups is 3. The van der Waals surface area contributed by atoms with Crippen LogP contribution in [-0.4, -0.2) is 31.4 Å². The first-order chi connectivity index (χ1) is 12.4. The number of rotatable bonds is 6. The van der Waals surface area contributed by atoms with E-state index < -0.39 is 5.97 Å². The van der Waals surface area contributed by atoms with Gasteiger partial charge in [0, 0.05) is 19.7 Å². The van der Waals surface area contributed by atoms with Crippen molar-refractivity contribution >= 4 is 29.2 Å². The van der Waals surface area contributed by atoms with Crippen LogP contribution in [0.25, 0.3) is 0 Å². The van der Waals surface area contributed by atoms with Crippen molar-refractivity contribution in [2.45, 2.75) is 20.3 Å².